The average molecular weight is 567 g/mol. The Balaban J connectivity index is -0.00000000556. The first-order chi connectivity index (χ1) is 15.5. The molecule has 33 heavy (non-hydrogen) atoms. The van der Waals surface area contributed by atoms with E-state index in [9.17, 15) is 9.59 Å². The highest BCUT2D eigenvalue weighted by Gasteiger charge is 2.37. The summed E-state index contributed by atoms with van der Waals surface area (Å²) in [7, 11) is 0. The van der Waals surface area contributed by atoms with E-state index in [-0.39, 0.29) is 93.1 Å². The zero-order valence-electron chi connectivity index (χ0n) is 21.0. The van der Waals surface area contributed by atoms with Gasteiger partial charge in [0, 0.05) is 93.6 Å². The number of aromatic nitrogens is 1. The maximum absolute atomic E-state index is 12.1. The van der Waals surface area contributed by atoms with Crippen LogP contribution < -0.4 is 10.1 Å². The van der Waals surface area contributed by atoms with Crippen molar-refractivity contribution in [2.24, 2.45) is 5.92 Å². The van der Waals surface area contributed by atoms with Gasteiger partial charge >= 0.3 is 0 Å². The van der Waals surface area contributed by atoms with E-state index < -0.39 is 5.25 Å². The number of hydrogen-bond donors (Lipinski definition) is 1. The quantitative estimate of drug-likeness (QED) is 0.344. The molecule has 2 amide bonds. The molecule has 1 aromatic carbocycles. The SMILES string of the molecule is Cc1nc(CC(C)Oc2ccc(C(C)C3SC(=O)NC3=O)c(C)c2C)ccc1C(C)C(C)C.[HH].[HH].[HH].[HH].[HH].[HH].[HH].[HH].[HH].[HH].[HH].[HH].[HH].[HH].[HH].[HH].[HH].[HH].[HH].[HH].[HH].[HH].[HH].[HH].[HH].[HH].[HH].[HH].[HH].[HH].[HH].[HH].[HH].[HH].[HH].[HH].[HH].[HH].[HH].[HH].[HH].[HH].[HH].[HH].[HH].[HH].[HH].[HH].[HH]. The second kappa shape index (κ2) is 10.3. The van der Waals surface area contributed by atoms with Gasteiger partial charge in [0.25, 0.3) is 5.24 Å². The third-order valence-corrected chi connectivity index (χ3v) is 8.13. The molecule has 2 aromatic rings. The van der Waals surface area contributed by atoms with Crippen LogP contribution in [0, 0.1) is 26.7 Å². The number of amides is 2. The summed E-state index contributed by atoms with van der Waals surface area (Å²) in [5.41, 5.74) is 6.68. The number of thioether (sulfide) groups is 1. The van der Waals surface area contributed by atoms with Gasteiger partial charge in [-0.3, -0.25) is 19.9 Å². The van der Waals surface area contributed by atoms with Gasteiger partial charge in [-0.25, -0.2) is 0 Å². The van der Waals surface area contributed by atoms with Crippen molar-refractivity contribution in [3.8, 4) is 5.75 Å². The Bertz CT molecular complexity index is 1130. The van der Waals surface area contributed by atoms with Crippen molar-refractivity contribution in [3.05, 3.63) is 57.9 Å². The molecule has 1 aromatic heterocycles. The van der Waals surface area contributed by atoms with E-state index in [2.05, 4.69) is 59.0 Å². The van der Waals surface area contributed by atoms with Gasteiger partial charge in [0.05, 0.1) is 5.25 Å². The standard InChI is InChI=1S/C27H36N2O3S.49H2/c1-14(2)16(4)23-10-9-21(28-20(23)8)13-15(3)32-24-12-11-22(17(5)18(24)6)19(7)25-26(30)29-27(31)33-25;;;;;;;;;;;;;;;;;;;;;;;;;;;;;;;;;;;;;;;;;;;;;;;;;/h9-12,14-16,19,25H,13H2,1-8H3,(H,29,30,31);49*1H. The summed E-state index contributed by atoms with van der Waals surface area (Å²) in [6.45, 7) is 17.0. The Kier molecular flexibility index (Phi) is 7.88. The number of pyridine rings is 1. The van der Waals surface area contributed by atoms with E-state index in [1.807, 2.05) is 26.0 Å². The van der Waals surface area contributed by atoms with Gasteiger partial charge < -0.3 is 4.74 Å². The molecule has 1 N–H and O–H groups in total. The van der Waals surface area contributed by atoms with Crippen molar-refractivity contribution < 1.29 is 84.2 Å². The number of ether oxygens (including phenoxy) is 1. The van der Waals surface area contributed by atoms with E-state index in [4.69, 9.17) is 9.72 Å². The Hall–Kier alpha value is -2.34. The number of hydrogen-bond acceptors (Lipinski definition) is 5. The van der Waals surface area contributed by atoms with E-state index in [1.54, 1.807) is 0 Å². The fraction of sp³-hybridized carbons (Fsp3) is 0.519. The van der Waals surface area contributed by atoms with Crippen LogP contribution in [0.2, 0.25) is 0 Å². The smallest absolute Gasteiger partial charge is 0.286 e. The molecule has 4 atom stereocenters. The zero-order chi connectivity index (χ0) is 24.4. The molecule has 1 aliphatic heterocycles. The molecule has 6 heteroatoms. The second-order valence-electron chi connectivity index (χ2n) is 9.65. The lowest BCUT2D eigenvalue weighted by Gasteiger charge is -2.23. The molecule has 3 rings (SSSR count). The van der Waals surface area contributed by atoms with Gasteiger partial charge in [-0.1, -0.05) is 51.6 Å². The Labute approximate surface area is 274 Å². The van der Waals surface area contributed by atoms with Crippen molar-refractivity contribution in [1.82, 2.24) is 10.3 Å². The van der Waals surface area contributed by atoms with Crippen molar-refractivity contribution in [1.29, 1.82) is 0 Å². The van der Waals surface area contributed by atoms with Gasteiger partial charge in [0.15, 0.2) is 0 Å². The molecule has 0 saturated carbocycles. The predicted molar refractivity (Wildman–Crippen MR) is 239 cm³/mol. The molecule has 4 unspecified atom stereocenters. The van der Waals surface area contributed by atoms with Crippen LogP contribution in [0.4, 0.5) is 4.79 Å². The largest absolute Gasteiger partial charge is 0.490 e. The van der Waals surface area contributed by atoms with Gasteiger partial charge in [-0.2, -0.15) is 0 Å². The number of rotatable bonds is 8. The highest BCUT2D eigenvalue weighted by molar-refractivity contribution is 8.15. The van der Waals surface area contributed by atoms with Crippen LogP contribution in [0.5, 0.6) is 5.75 Å². The van der Waals surface area contributed by atoms with E-state index in [1.165, 1.54) is 5.56 Å². The third-order valence-electron chi connectivity index (χ3n) is 6.94. The van der Waals surface area contributed by atoms with Crippen LogP contribution in [-0.4, -0.2) is 27.5 Å². The van der Waals surface area contributed by atoms with Crippen molar-refractivity contribution in [2.75, 3.05) is 0 Å². The summed E-state index contributed by atoms with van der Waals surface area (Å²) in [6.07, 6.45) is 0.704. The van der Waals surface area contributed by atoms with Crippen molar-refractivity contribution >= 4 is 22.9 Å². The van der Waals surface area contributed by atoms with Crippen LogP contribution >= 0.6 is 11.8 Å². The van der Waals surface area contributed by atoms with Crippen LogP contribution in [0.15, 0.2) is 24.3 Å². The Morgan fingerprint density at radius 3 is 2.24 bits per heavy atom. The molecule has 1 fully saturated rings. The van der Waals surface area contributed by atoms with Crippen LogP contribution in [0.3, 0.4) is 0 Å². The summed E-state index contributed by atoms with van der Waals surface area (Å²) < 4.78 is 6.31. The minimum absolute atomic E-state index is 0. The summed E-state index contributed by atoms with van der Waals surface area (Å²) in [6, 6.07) is 8.34. The lowest BCUT2D eigenvalue weighted by molar-refractivity contribution is -0.119. The number of benzene rings is 1. The molecule has 0 bridgehead atoms. The predicted octanol–water partition coefficient (Wildman–Crippen LogP) is 18.3. The Morgan fingerprint density at radius 2 is 1.67 bits per heavy atom. The molecule has 0 spiro atoms. The van der Waals surface area contributed by atoms with Gasteiger partial charge in [0.2, 0.25) is 5.91 Å². The molecular formula is C27H134N2O3S. The fourth-order valence-electron chi connectivity index (χ4n) is 4.43. The van der Waals surface area contributed by atoms with E-state index in [0.29, 0.717) is 11.8 Å². The molecule has 1 saturated heterocycles. The Morgan fingerprint density at radius 1 is 1.00 bits per heavy atom. The monoisotopic (exact) mass is 567 g/mol. The van der Waals surface area contributed by atoms with E-state index in [0.717, 1.165) is 52.0 Å². The molecule has 5 nitrogen and oxygen atoms in total. The fourth-order valence-corrected chi connectivity index (χ4v) is 5.34. The number of carbonyl (C=O) groups is 2. The molecular weight excluding hydrogens is 432 g/mol. The van der Waals surface area contributed by atoms with Crippen LogP contribution in [0.25, 0.3) is 0 Å². The summed E-state index contributed by atoms with van der Waals surface area (Å²) in [4.78, 5) is 28.5. The summed E-state index contributed by atoms with van der Waals surface area (Å²) in [5, 5.41) is 1.73. The maximum Gasteiger partial charge on any atom is 0.286 e. The number of nitrogens with one attached hydrogen (secondary N) is 1. The molecule has 0 radical (unpaired) electrons. The second-order valence-corrected chi connectivity index (χ2v) is 10.8. The highest BCUT2D eigenvalue weighted by atomic mass is 32.2. The third kappa shape index (κ3) is 5.60. The molecule has 0 aliphatic carbocycles. The number of nitrogens with zero attached hydrogens (tertiary/aromatic N) is 1. The number of imide groups is 1. The van der Waals surface area contributed by atoms with Crippen molar-refractivity contribution in [2.45, 2.75) is 85.0 Å². The molecule has 2 heterocycles. The highest BCUT2D eigenvalue weighted by Crippen LogP contribution is 2.37. The average Bonchev–Trinajstić information content (AvgIpc) is 3.08. The van der Waals surface area contributed by atoms with Gasteiger partial charge in [-0.15, -0.1) is 0 Å². The lowest BCUT2D eigenvalue weighted by atomic mass is 9.89. The number of aryl methyl sites for hydroxylation is 1. The number of carbonyl (C=O) groups excluding carboxylic acids is 2. The first-order valence-corrected chi connectivity index (χ1v) is 12.6. The van der Waals surface area contributed by atoms with Gasteiger partial charge in [-0.05, 0) is 73.9 Å². The lowest BCUT2D eigenvalue weighted by Crippen LogP contribution is -2.27. The minimum atomic E-state index is -0.392. The molecule has 276 valence electrons. The molecule has 1 aliphatic rings. The topological polar surface area (TPSA) is 68.3 Å². The minimum Gasteiger partial charge on any atom is -0.490 e. The van der Waals surface area contributed by atoms with Crippen LogP contribution in [-0.2, 0) is 11.2 Å². The maximum atomic E-state index is 12.1. The van der Waals surface area contributed by atoms with Crippen molar-refractivity contribution in [3.63, 3.8) is 0 Å². The normalized spacial score (nSPS) is 18.9. The van der Waals surface area contributed by atoms with E-state index >= 15 is 0 Å². The first kappa shape index (κ1) is 25.3. The summed E-state index contributed by atoms with van der Waals surface area (Å²) >= 11 is 1.07. The van der Waals surface area contributed by atoms with Crippen LogP contribution in [0.1, 0.15) is 150 Å². The summed E-state index contributed by atoms with van der Waals surface area (Å²) in [5.74, 6) is 1.64. The zero-order valence-corrected chi connectivity index (χ0v) is 21.8. The first-order valence-electron chi connectivity index (χ1n) is 11.7. The van der Waals surface area contributed by atoms with Gasteiger partial charge in [0.1, 0.15) is 11.9 Å².